The summed E-state index contributed by atoms with van der Waals surface area (Å²) in [5, 5.41) is 0. The van der Waals surface area contributed by atoms with E-state index in [1.807, 2.05) is 0 Å². The molecule has 16 heteroatoms. The first-order valence-electron chi connectivity index (χ1n) is 11.2. The van der Waals surface area contributed by atoms with Crippen LogP contribution >= 0.6 is 0 Å². The lowest BCUT2D eigenvalue weighted by molar-refractivity contribution is -0.269. The summed E-state index contributed by atoms with van der Waals surface area (Å²) in [4.78, 5) is 47.7. The van der Waals surface area contributed by atoms with Gasteiger partial charge in [0.2, 0.25) is 23.6 Å². The Morgan fingerprint density at radius 3 is 1.90 bits per heavy atom. The molecular formula is C23H26O15S. The van der Waals surface area contributed by atoms with Crippen molar-refractivity contribution in [3.8, 4) is 28.6 Å². The minimum absolute atomic E-state index is 0.0396. The summed E-state index contributed by atoms with van der Waals surface area (Å²) in [6, 6.07) is 2.84. The van der Waals surface area contributed by atoms with E-state index < -0.39 is 63.8 Å². The Labute approximate surface area is 222 Å². The second kappa shape index (κ2) is 11.5. The standard InChI is InChI=1S/C23H26O15S/c1-9(24)16-17(31-5)13-7-8-14(15(13)21(32-6)37-16)36-22-19(34-11(3)26)18(33-10(2)25)20(35-12(4)27)23(38-22)39(28,29)30/h7-8,18-20,22-23H,1-6H3,(H,28,29,30)/t18-,19-,20+,22-,23?/m1/s1. The number of esters is 3. The van der Waals surface area contributed by atoms with Crippen LogP contribution in [0.2, 0.25) is 0 Å². The molecule has 2 heterocycles. The van der Waals surface area contributed by atoms with E-state index in [1.54, 1.807) is 0 Å². The first-order chi connectivity index (χ1) is 18.2. The van der Waals surface area contributed by atoms with Crippen LogP contribution in [0.25, 0.3) is 11.1 Å². The minimum atomic E-state index is -5.15. The number of hydrogen-bond donors (Lipinski definition) is 1. The third-order valence-corrected chi connectivity index (χ3v) is 6.34. The number of methoxy groups -OCH3 is 2. The van der Waals surface area contributed by atoms with Crippen LogP contribution in [-0.4, -0.2) is 80.9 Å². The van der Waals surface area contributed by atoms with Crippen molar-refractivity contribution in [2.75, 3.05) is 14.2 Å². The highest BCUT2D eigenvalue weighted by Gasteiger charge is 2.57. The summed E-state index contributed by atoms with van der Waals surface area (Å²) in [6.07, 6.45) is -7.33. The van der Waals surface area contributed by atoms with Crippen molar-refractivity contribution in [1.82, 2.24) is 0 Å². The zero-order chi connectivity index (χ0) is 29.2. The molecule has 1 saturated heterocycles. The van der Waals surface area contributed by atoms with E-state index in [0.29, 0.717) is 5.56 Å². The zero-order valence-corrected chi connectivity index (χ0v) is 22.4. The number of rotatable bonds is 9. The lowest BCUT2D eigenvalue weighted by atomic mass is 10.0. The van der Waals surface area contributed by atoms with Crippen LogP contribution in [0, 0.1) is 0 Å². The van der Waals surface area contributed by atoms with Crippen molar-refractivity contribution >= 4 is 33.8 Å². The quantitative estimate of drug-likeness (QED) is 0.194. The minimum Gasteiger partial charge on any atom is -0.492 e. The molecule has 0 bridgehead atoms. The summed E-state index contributed by atoms with van der Waals surface area (Å²) < 4.78 is 77.2. The van der Waals surface area contributed by atoms with Crippen LogP contribution in [0.1, 0.15) is 38.2 Å². The highest BCUT2D eigenvalue weighted by atomic mass is 32.2. The number of carbonyl (C=O) groups is 4. The van der Waals surface area contributed by atoms with Crippen LogP contribution in [0.15, 0.2) is 16.5 Å². The fourth-order valence-corrected chi connectivity index (χ4v) is 4.84. The second-order valence-electron chi connectivity index (χ2n) is 8.23. The lowest BCUT2D eigenvalue weighted by Gasteiger charge is -2.42. The number of hydrogen-bond acceptors (Lipinski definition) is 14. The Kier molecular flexibility index (Phi) is 8.72. The van der Waals surface area contributed by atoms with Gasteiger partial charge in [0.25, 0.3) is 16.1 Å². The van der Waals surface area contributed by atoms with Gasteiger partial charge in [-0.05, 0) is 12.1 Å². The van der Waals surface area contributed by atoms with Crippen LogP contribution in [-0.2, 0) is 43.4 Å². The summed E-state index contributed by atoms with van der Waals surface area (Å²) in [6.45, 7) is 4.16. The van der Waals surface area contributed by atoms with Crippen molar-refractivity contribution in [2.24, 2.45) is 0 Å². The molecule has 0 saturated carbocycles. The van der Waals surface area contributed by atoms with Gasteiger partial charge in [0.1, 0.15) is 11.3 Å². The fourth-order valence-electron chi connectivity index (χ4n) is 4.04. The van der Waals surface area contributed by atoms with Gasteiger partial charge in [-0.25, -0.2) is 0 Å². The topological polar surface area (TPSA) is 200 Å². The van der Waals surface area contributed by atoms with Crippen molar-refractivity contribution < 1.29 is 69.7 Å². The van der Waals surface area contributed by atoms with E-state index in [2.05, 4.69) is 0 Å². The number of Topliss-reactive ketones (excluding diaryl/α,β-unsaturated/α-hetero) is 1. The number of ketones is 1. The maximum atomic E-state index is 12.2. The average Bonchev–Trinajstić information content (AvgIpc) is 3.23. The van der Waals surface area contributed by atoms with Gasteiger partial charge in [-0.1, -0.05) is 0 Å². The Bertz CT molecular complexity index is 1340. The zero-order valence-electron chi connectivity index (χ0n) is 21.6. The molecular weight excluding hydrogens is 548 g/mol. The molecule has 0 aromatic carbocycles. The molecule has 1 N–H and O–H groups in total. The summed E-state index contributed by atoms with van der Waals surface area (Å²) in [7, 11) is -2.60. The van der Waals surface area contributed by atoms with E-state index in [0.717, 1.165) is 20.8 Å². The van der Waals surface area contributed by atoms with Gasteiger partial charge in [-0.15, -0.1) is 0 Å². The van der Waals surface area contributed by atoms with Gasteiger partial charge in [-0.3, -0.25) is 23.7 Å². The molecule has 1 fully saturated rings. The van der Waals surface area contributed by atoms with Gasteiger partial charge in [0, 0.05) is 33.3 Å². The predicted molar refractivity (Wildman–Crippen MR) is 126 cm³/mol. The SMILES string of the molecule is COc1oc(C(C)=O)c(OC)c2ccc(O[C@@H]3OC(S(=O)(=O)O)[C@@H](OC(C)=O)[C@H](OC(C)=O)[C@H]3OC(C)=O)c1-2. The highest BCUT2D eigenvalue weighted by molar-refractivity contribution is 7.86. The maximum absolute atomic E-state index is 12.2. The molecule has 0 amide bonds. The van der Waals surface area contributed by atoms with Gasteiger partial charge in [0.05, 0.1) is 14.2 Å². The van der Waals surface area contributed by atoms with E-state index in [9.17, 15) is 32.1 Å². The first kappa shape index (κ1) is 29.7. The Hall–Kier alpha value is -3.89. The molecule has 0 aromatic heterocycles. The van der Waals surface area contributed by atoms with Crippen molar-refractivity contribution in [1.29, 1.82) is 0 Å². The second-order valence-corrected chi connectivity index (χ2v) is 9.72. The molecule has 2 aliphatic heterocycles. The van der Waals surface area contributed by atoms with E-state index in [-0.39, 0.29) is 28.8 Å². The predicted octanol–water partition coefficient (Wildman–Crippen LogP) is 1.35. The normalized spacial score (nSPS) is 23.0. The molecule has 3 rings (SSSR count). The molecule has 39 heavy (non-hydrogen) atoms. The third-order valence-electron chi connectivity index (χ3n) is 5.37. The molecule has 0 aromatic rings. The third kappa shape index (κ3) is 6.23. The van der Waals surface area contributed by atoms with Crippen molar-refractivity contribution in [3.05, 3.63) is 17.9 Å². The molecule has 214 valence electrons. The fraction of sp³-hybridized carbons (Fsp3) is 0.478. The highest BCUT2D eigenvalue weighted by Crippen LogP contribution is 2.49. The Morgan fingerprint density at radius 2 is 1.41 bits per heavy atom. The van der Waals surface area contributed by atoms with Crippen molar-refractivity contribution in [2.45, 2.75) is 57.7 Å². The molecule has 15 nitrogen and oxygen atoms in total. The smallest absolute Gasteiger partial charge is 0.303 e. The largest absolute Gasteiger partial charge is 0.492 e. The van der Waals surface area contributed by atoms with E-state index >= 15 is 0 Å². The molecule has 1 aliphatic carbocycles. The maximum Gasteiger partial charge on any atom is 0.303 e. The number of ether oxygens (including phenoxy) is 7. The molecule has 3 aliphatic rings. The molecule has 0 radical (unpaired) electrons. The van der Waals surface area contributed by atoms with Gasteiger partial charge in [0.15, 0.2) is 23.7 Å². The van der Waals surface area contributed by atoms with Crippen LogP contribution in [0.3, 0.4) is 0 Å². The average molecular weight is 575 g/mol. The Balaban J connectivity index is 2.17. The van der Waals surface area contributed by atoms with Crippen LogP contribution in [0.5, 0.6) is 17.4 Å². The molecule has 5 atom stereocenters. The Morgan fingerprint density at radius 1 is 0.846 bits per heavy atom. The summed E-state index contributed by atoms with van der Waals surface area (Å²) in [5.74, 6) is -3.79. The van der Waals surface area contributed by atoms with Crippen molar-refractivity contribution in [3.63, 3.8) is 0 Å². The first-order valence-corrected chi connectivity index (χ1v) is 12.7. The summed E-state index contributed by atoms with van der Waals surface area (Å²) >= 11 is 0. The van der Waals surface area contributed by atoms with Gasteiger partial charge >= 0.3 is 17.9 Å². The van der Waals surface area contributed by atoms with E-state index in [4.69, 9.17) is 37.6 Å². The summed E-state index contributed by atoms with van der Waals surface area (Å²) in [5.41, 5.74) is -1.92. The van der Waals surface area contributed by atoms with Crippen LogP contribution < -0.4 is 14.2 Å². The lowest BCUT2D eigenvalue weighted by Crippen LogP contribution is -2.64. The number of fused-ring (bicyclic) bond motifs is 1. The number of carbonyl (C=O) groups excluding carboxylic acids is 4. The molecule has 1 unspecified atom stereocenters. The van der Waals surface area contributed by atoms with E-state index in [1.165, 1.54) is 33.3 Å². The monoisotopic (exact) mass is 574 g/mol. The molecule has 0 spiro atoms. The van der Waals surface area contributed by atoms with Gasteiger partial charge in [-0.2, -0.15) is 8.42 Å². The van der Waals surface area contributed by atoms with Crippen LogP contribution in [0.4, 0.5) is 0 Å². The van der Waals surface area contributed by atoms with Gasteiger partial charge < -0.3 is 37.6 Å².